The number of rotatable bonds is 5. The van der Waals surface area contributed by atoms with Crippen LogP contribution in [0.15, 0.2) is 28.7 Å². The molecule has 0 bridgehead atoms. The Kier molecular flexibility index (Phi) is 4.69. The Hall–Kier alpha value is -0.670. The fraction of sp³-hybridized carbons (Fsp3) is 0.462. The monoisotopic (exact) mass is 283 g/mol. The number of nitrogens with one attached hydrogen (secondary N) is 1. The van der Waals surface area contributed by atoms with E-state index < -0.39 is 0 Å². The van der Waals surface area contributed by atoms with Gasteiger partial charge in [0.1, 0.15) is 5.78 Å². The minimum atomic E-state index is 0.0270. The third kappa shape index (κ3) is 4.06. The Morgan fingerprint density at radius 1 is 1.44 bits per heavy atom. The molecule has 2 nitrogen and oxygen atoms in total. The molecule has 0 spiro atoms. The van der Waals surface area contributed by atoms with Crippen LogP contribution in [0.2, 0.25) is 0 Å². The third-order valence-corrected chi connectivity index (χ3v) is 3.04. The lowest BCUT2D eigenvalue weighted by atomic mass is 9.84. The van der Waals surface area contributed by atoms with Gasteiger partial charge in [0.15, 0.2) is 0 Å². The first kappa shape index (κ1) is 13.4. The van der Waals surface area contributed by atoms with Crippen molar-refractivity contribution in [1.82, 2.24) is 5.32 Å². The minimum Gasteiger partial charge on any atom is -0.309 e. The second-order valence-corrected chi connectivity index (χ2v) is 5.62. The van der Waals surface area contributed by atoms with Crippen molar-refractivity contribution in [1.29, 1.82) is 0 Å². The molecule has 0 aliphatic heterocycles. The summed E-state index contributed by atoms with van der Waals surface area (Å²) < 4.78 is 1.09. The third-order valence-electron chi connectivity index (χ3n) is 2.55. The lowest BCUT2D eigenvalue weighted by Crippen LogP contribution is -2.35. The Morgan fingerprint density at radius 3 is 2.69 bits per heavy atom. The van der Waals surface area contributed by atoms with Crippen LogP contribution in [-0.4, -0.2) is 18.9 Å². The lowest BCUT2D eigenvalue weighted by Gasteiger charge is -2.25. The number of halogens is 1. The van der Waals surface area contributed by atoms with Crippen molar-refractivity contribution in [3.05, 3.63) is 34.3 Å². The molecule has 0 atom stereocenters. The van der Waals surface area contributed by atoms with E-state index >= 15 is 0 Å². The predicted molar refractivity (Wildman–Crippen MR) is 70.7 cm³/mol. The van der Waals surface area contributed by atoms with Crippen molar-refractivity contribution in [3.63, 3.8) is 0 Å². The Bertz CT molecular complexity index is 374. The lowest BCUT2D eigenvalue weighted by molar-refractivity contribution is -0.116. The number of Topliss-reactive ketones (excluding diaryl/α,β-unsaturated/α-hetero) is 1. The first-order valence-electron chi connectivity index (χ1n) is 5.38. The average molecular weight is 284 g/mol. The van der Waals surface area contributed by atoms with Crippen molar-refractivity contribution in [3.8, 4) is 0 Å². The van der Waals surface area contributed by atoms with Crippen molar-refractivity contribution < 1.29 is 4.79 Å². The van der Waals surface area contributed by atoms with Gasteiger partial charge in [0, 0.05) is 16.4 Å². The fourth-order valence-electron chi connectivity index (χ4n) is 1.56. The molecule has 3 heteroatoms. The van der Waals surface area contributed by atoms with Gasteiger partial charge < -0.3 is 5.32 Å². The van der Waals surface area contributed by atoms with Gasteiger partial charge in [0.25, 0.3) is 0 Å². The van der Waals surface area contributed by atoms with E-state index in [1.54, 1.807) is 6.92 Å². The van der Waals surface area contributed by atoms with Crippen LogP contribution in [0.1, 0.15) is 26.3 Å². The number of hydrogen-bond acceptors (Lipinski definition) is 2. The molecule has 0 unspecified atom stereocenters. The summed E-state index contributed by atoms with van der Waals surface area (Å²) in [5.74, 6) is 0.171. The Labute approximate surface area is 106 Å². The van der Waals surface area contributed by atoms with E-state index in [2.05, 4.69) is 47.2 Å². The van der Waals surface area contributed by atoms with Crippen molar-refractivity contribution in [2.45, 2.75) is 26.2 Å². The molecule has 0 saturated carbocycles. The molecule has 0 aromatic heterocycles. The molecule has 0 amide bonds. The Balaban J connectivity index is 2.66. The van der Waals surface area contributed by atoms with Gasteiger partial charge in [-0.15, -0.1) is 0 Å². The zero-order valence-electron chi connectivity index (χ0n) is 10.0. The number of ketones is 1. The standard InChI is InChI=1S/C13H18BrNO/c1-10(16)8-15-9-13(2,3)11-5-4-6-12(14)7-11/h4-7,15H,8-9H2,1-3H3. The highest BCUT2D eigenvalue weighted by molar-refractivity contribution is 9.10. The van der Waals surface area contributed by atoms with Gasteiger partial charge in [-0.05, 0) is 24.6 Å². The summed E-state index contributed by atoms with van der Waals surface area (Å²) in [6.07, 6.45) is 0. The first-order valence-corrected chi connectivity index (χ1v) is 6.17. The van der Waals surface area contributed by atoms with Gasteiger partial charge in [-0.1, -0.05) is 41.9 Å². The first-order chi connectivity index (χ1) is 7.42. The predicted octanol–water partition coefficient (Wildman–Crippen LogP) is 2.91. The molecule has 1 rings (SSSR count). The molecule has 0 aliphatic carbocycles. The SMILES string of the molecule is CC(=O)CNCC(C)(C)c1cccc(Br)c1. The highest BCUT2D eigenvalue weighted by atomic mass is 79.9. The van der Waals surface area contributed by atoms with Crippen molar-refractivity contribution >= 4 is 21.7 Å². The minimum absolute atomic E-state index is 0.0270. The molecule has 0 fully saturated rings. The molecule has 0 heterocycles. The highest BCUT2D eigenvalue weighted by Crippen LogP contribution is 2.24. The van der Waals surface area contributed by atoms with Gasteiger partial charge in [0.05, 0.1) is 6.54 Å². The van der Waals surface area contributed by atoms with E-state index in [-0.39, 0.29) is 11.2 Å². The van der Waals surface area contributed by atoms with Crippen LogP contribution in [-0.2, 0) is 10.2 Å². The smallest absolute Gasteiger partial charge is 0.143 e. The number of hydrogen-bond donors (Lipinski definition) is 1. The molecule has 0 aliphatic rings. The van der Waals surface area contributed by atoms with E-state index in [0.717, 1.165) is 11.0 Å². The van der Waals surface area contributed by atoms with Gasteiger partial charge >= 0.3 is 0 Å². The molecule has 1 aromatic rings. The summed E-state index contributed by atoms with van der Waals surface area (Å²) in [6.45, 7) is 7.17. The van der Waals surface area contributed by atoms with E-state index in [0.29, 0.717) is 6.54 Å². The summed E-state index contributed by atoms with van der Waals surface area (Å²) in [4.78, 5) is 10.9. The number of carbonyl (C=O) groups excluding carboxylic acids is 1. The second-order valence-electron chi connectivity index (χ2n) is 4.70. The molecule has 16 heavy (non-hydrogen) atoms. The van der Waals surface area contributed by atoms with Gasteiger partial charge in [-0.3, -0.25) is 4.79 Å². The fourth-order valence-corrected chi connectivity index (χ4v) is 1.96. The van der Waals surface area contributed by atoms with Gasteiger partial charge in [0.2, 0.25) is 0 Å². The molecular formula is C13H18BrNO. The van der Waals surface area contributed by atoms with Crippen LogP contribution in [0.25, 0.3) is 0 Å². The van der Waals surface area contributed by atoms with Crippen LogP contribution >= 0.6 is 15.9 Å². The number of benzene rings is 1. The van der Waals surface area contributed by atoms with Crippen LogP contribution in [0, 0.1) is 0 Å². The largest absolute Gasteiger partial charge is 0.309 e. The van der Waals surface area contributed by atoms with Crippen LogP contribution < -0.4 is 5.32 Å². The van der Waals surface area contributed by atoms with Crippen LogP contribution in [0.5, 0.6) is 0 Å². The van der Waals surface area contributed by atoms with E-state index in [1.807, 2.05) is 12.1 Å². The zero-order chi connectivity index (χ0) is 12.2. The molecule has 1 aromatic carbocycles. The summed E-state index contributed by atoms with van der Waals surface area (Å²) in [7, 11) is 0. The summed E-state index contributed by atoms with van der Waals surface area (Å²) in [6, 6.07) is 8.28. The molecule has 88 valence electrons. The van der Waals surface area contributed by atoms with Gasteiger partial charge in [-0.25, -0.2) is 0 Å². The van der Waals surface area contributed by atoms with Crippen molar-refractivity contribution in [2.24, 2.45) is 0 Å². The van der Waals surface area contributed by atoms with Gasteiger partial charge in [-0.2, -0.15) is 0 Å². The summed E-state index contributed by atoms with van der Waals surface area (Å²) in [5.41, 5.74) is 1.29. The second kappa shape index (κ2) is 5.60. The maximum absolute atomic E-state index is 10.9. The van der Waals surface area contributed by atoms with E-state index in [1.165, 1.54) is 5.56 Å². The van der Waals surface area contributed by atoms with Crippen molar-refractivity contribution in [2.75, 3.05) is 13.1 Å². The summed E-state index contributed by atoms with van der Waals surface area (Å²) in [5, 5.41) is 3.18. The van der Waals surface area contributed by atoms with Crippen LogP contribution in [0.4, 0.5) is 0 Å². The summed E-state index contributed by atoms with van der Waals surface area (Å²) >= 11 is 3.47. The molecule has 0 radical (unpaired) electrons. The molecular weight excluding hydrogens is 266 g/mol. The average Bonchev–Trinajstić information content (AvgIpc) is 2.16. The molecule has 1 N–H and O–H groups in total. The highest BCUT2D eigenvalue weighted by Gasteiger charge is 2.20. The maximum atomic E-state index is 10.9. The van der Waals surface area contributed by atoms with E-state index in [9.17, 15) is 4.79 Å². The normalized spacial score (nSPS) is 11.5. The maximum Gasteiger partial charge on any atom is 0.143 e. The topological polar surface area (TPSA) is 29.1 Å². The number of carbonyl (C=O) groups is 1. The zero-order valence-corrected chi connectivity index (χ0v) is 11.6. The molecule has 0 saturated heterocycles. The van der Waals surface area contributed by atoms with Crippen LogP contribution in [0.3, 0.4) is 0 Å². The quantitative estimate of drug-likeness (QED) is 0.900. The Morgan fingerprint density at radius 2 is 2.12 bits per heavy atom. The van der Waals surface area contributed by atoms with E-state index in [4.69, 9.17) is 0 Å².